The molecule has 0 aromatic carbocycles. The molecule has 3 rings (SSSR count). The van der Waals surface area contributed by atoms with Crippen molar-refractivity contribution < 1.29 is 26.2 Å². The number of amides is 1. The van der Waals surface area contributed by atoms with Crippen LogP contribution in [0.15, 0.2) is 42.7 Å². The van der Waals surface area contributed by atoms with E-state index in [2.05, 4.69) is 25.0 Å². The van der Waals surface area contributed by atoms with Gasteiger partial charge < -0.3 is 5.32 Å². The molecule has 3 heterocycles. The van der Waals surface area contributed by atoms with Crippen LogP contribution in [-0.4, -0.2) is 60.3 Å². The van der Waals surface area contributed by atoms with Crippen LogP contribution in [0.25, 0.3) is 22.3 Å². The molecule has 11 nitrogen and oxygen atoms in total. The maximum Gasteiger partial charge on any atom is 0.266 e. The summed E-state index contributed by atoms with van der Waals surface area (Å²) in [7, 11) is -8.47. The van der Waals surface area contributed by atoms with Crippen LogP contribution in [-0.2, 0) is 24.9 Å². The average Bonchev–Trinajstić information content (AvgIpc) is 2.66. The van der Waals surface area contributed by atoms with Crippen molar-refractivity contribution >= 4 is 42.8 Å². The third kappa shape index (κ3) is 6.16. The van der Waals surface area contributed by atoms with Gasteiger partial charge >= 0.3 is 0 Å². The van der Waals surface area contributed by atoms with Crippen LogP contribution in [0.3, 0.4) is 0 Å². The number of pyridine rings is 3. The van der Waals surface area contributed by atoms with E-state index in [-0.39, 0.29) is 11.3 Å². The normalized spacial score (nSPS) is 11.9. The molecule has 0 saturated heterocycles. The average molecular weight is 466 g/mol. The van der Waals surface area contributed by atoms with Gasteiger partial charge in [0.15, 0.2) is 5.82 Å². The number of nitrogens with one attached hydrogen (secondary N) is 2. The number of aromatic nitrogens is 3. The van der Waals surface area contributed by atoms with Gasteiger partial charge in [0.25, 0.3) is 10.1 Å². The first-order valence-electron chi connectivity index (χ1n) is 8.94. The second-order valence-corrected chi connectivity index (χ2v) is 9.89. The van der Waals surface area contributed by atoms with Crippen LogP contribution in [0.4, 0.5) is 5.82 Å². The maximum atomic E-state index is 12.5. The molecule has 3 aromatic rings. The minimum absolute atomic E-state index is 0.0658. The first kappa shape index (κ1) is 22.5. The summed E-state index contributed by atoms with van der Waals surface area (Å²) in [6, 6.07) is 8.78. The number of carbonyl (C=O) groups excluding carboxylic acids is 1. The van der Waals surface area contributed by atoms with Crippen molar-refractivity contribution in [3.63, 3.8) is 0 Å². The summed E-state index contributed by atoms with van der Waals surface area (Å²) >= 11 is 0. The molecule has 0 aliphatic heterocycles. The molecule has 0 saturated carbocycles. The predicted molar refractivity (Wildman–Crippen MR) is 114 cm³/mol. The quantitative estimate of drug-likeness (QED) is 0.406. The van der Waals surface area contributed by atoms with Crippen molar-refractivity contribution in [3.8, 4) is 11.4 Å². The summed E-state index contributed by atoms with van der Waals surface area (Å²) in [5, 5.41) is 2.74. The molecule has 1 amide bonds. The van der Waals surface area contributed by atoms with Crippen molar-refractivity contribution in [2.75, 3.05) is 22.8 Å². The number of carbonyl (C=O) groups is 1. The van der Waals surface area contributed by atoms with E-state index in [4.69, 9.17) is 4.55 Å². The Kier molecular flexibility index (Phi) is 6.48. The van der Waals surface area contributed by atoms with E-state index < -0.39 is 44.1 Å². The van der Waals surface area contributed by atoms with Crippen LogP contribution < -0.4 is 10.0 Å². The topological polar surface area (TPSA) is 168 Å². The summed E-state index contributed by atoms with van der Waals surface area (Å²) in [6.45, 7) is 1.42. The van der Waals surface area contributed by atoms with Gasteiger partial charge in [-0.3, -0.25) is 24.0 Å². The molecule has 3 aromatic heterocycles. The Morgan fingerprint density at radius 3 is 2.52 bits per heavy atom. The molecular weight excluding hydrogens is 446 g/mol. The molecule has 0 unspecified atom stereocenters. The number of anilines is 1. The molecule has 3 N–H and O–H groups in total. The van der Waals surface area contributed by atoms with Crippen molar-refractivity contribution in [3.05, 3.63) is 48.3 Å². The van der Waals surface area contributed by atoms with Crippen LogP contribution in [0, 0.1) is 6.92 Å². The lowest BCUT2D eigenvalue weighted by Crippen LogP contribution is -2.35. The van der Waals surface area contributed by atoms with E-state index in [9.17, 15) is 21.6 Å². The SMILES string of the molecule is Cc1cccnc1-c1cc2cccnc2c(NS(=O)(=O)CC(=O)NCCS(=O)(=O)O)n1. The first-order chi connectivity index (χ1) is 14.5. The second-order valence-electron chi connectivity index (χ2n) is 6.60. The Balaban J connectivity index is 1.88. The van der Waals surface area contributed by atoms with Gasteiger partial charge in [-0.1, -0.05) is 12.1 Å². The molecule has 31 heavy (non-hydrogen) atoms. The highest BCUT2D eigenvalue weighted by Crippen LogP contribution is 2.27. The first-order valence-corrected chi connectivity index (χ1v) is 12.2. The Hall–Kier alpha value is -3.16. The number of rotatable bonds is 8. The Bertz CT molecular complexity index is 1340. The van der Waals surface area contributed by atoms with Gasteiger partial charge in [-0.15, -0.1) is 0 Å². The lowest BCUT2D eigenvalue weighted by molar-refractivity contribution is -0.118. The lowest BCUT2D eigenvalue weighted by Gasteiger charge is -2.12. The lowest BCUT2D eigenvalue weighted by atomic mass is 10.1. The van der Waals surface area contributed by atoms with E-state index in [0.29, 0.717) is 16.8 Å². The van der Waals surface area contributed by atoms with Crippen LogP contribution in [0.1, 0.15) is 5.56 Å². The van der Waals surface area contributed by atoms with E-state index in [1.807, 2.05) is 13.0 Å². The highest BCUT2D eigenvalue weighted by Gasteiger charge is 2.20. The van der Waals surface area contributed by atoms with E-state index in [0.717, 1.165) is 5.56 Å². The number of sulfonamides is 1. The fourth-order valence-corrected chi connectivity index (χ4v) is 4.07. The van der Waals surface area contributed by atoms with Gasteiger partial charge in [-0.2, -0.15) is 8.42 Å². The molecule has 0 radical (unpaired) electrons. The summed E-state index contributed by atoms with van der Waals surface area (Å²) in [5.41, 5.74) is 2.12. The minimum Gasteiger partial charge on any atom is -0.354 e. The highest BCUT2D eigenvalue weighted by molar-refractivity contribution is 7.93. The van der Waals surface area contributed by atoms with Gasteiger partial charge in [-0.05, 0) is 30.7 Å². The van der Waals surface area contributed by atoms with Crippen molar-refractivity contribution in [2.24, 2.45) is 0 Å². The van der Waals surface area contributed by atoms with E-state index in [1.165, 1.54) is 6.20 Å². The number of aryl methyl sites for hydroxylation is 1. The number of nitrogens with zero attached hydrogens (tertiary/aromatic N) is 3. The van der Waals surface area contributed by atoms with Crippen LogP contribution >= 0.6 is 0 Å². The van der Waals surface area contributed by atoms with Crippen molar-refractivity contribution in [1.29, 1.82) is 0 Å². The van der Waals surface area contributed by atoms with Crippen LogP contribution in [0.5, 0.6) is 0 Å². The summed E-state index contributed by atoms with van der Waals surface area (Å²) in [6.07, 6.45) is 3.08. The van der Waals surface area contributed by atoms with Gasteiger partial charge in [0, 0.05) is 24.3 Å². The summed E-state index contributed by atoms with van der Waals surface area (Å²) in [5.74, 6) is -2.70. The smallest absolute Gasteiger partial charge is 0.266 e. The zero-order valence-electron chi connectivity index (χ0n) is 16.3. The molecule has 0 fully saturated rings. The van der Waals surface area contributed by atoms with Gasteiger partial charge in [0.2, 0.25) is 15.9 Å². The largest absolute Gasteiger partial charge is 0.354 e. The third-order valence-electron chi connectivity index (χ3n) is 4.10. The fraction of sp³-hybridized carbons (Fsp3) is 0.222. The van der Waals surface area contributed by atoms with Gasteiger partial charge in [0.1, 0.15) is 11.3 Å². The molecule has 13 heteroatoms. The van der Waals surface area contributed by atoms with Crippen LogP contribution in [0.2, 0.25) is 0 Å². The summed E-state index contributed by atoms with van der Waals surface area (Å²) in [4.78, 5) is 24.7. The van der Waals surface area contributed by atoms with Gasteiger partial charge in [0.05, 0.1) is 17.1 Å². The Morgan fingerprint density at radius 1 is 1.10 bits per heavy atom. The zero-order chi connectivity index (χ0) is 22.6. The molecular formula is C18H19N5O6S2. The summed E-state index contributed by atoms with van der Waals surface area (Å²) < 4.78 is 57.3. The van der Waals surface area contributed by atoms with Gasteiger partial charge in [-0.25, -0.2) is 13.4 Å². The minimum atomic E-state index is -4.28. The number of fused-ring (bicyclic) bond motifs is 1. The fourth-order valence-electron chi connectivity index (χ4n) is 2.76. The molecule has 0 atom stereocenters. The zero-order valence-corrected chi connectivity index (χ0v) is 17.9. The molecule has 164 valence electrons. The predicted octanol–water partition coefficient (Wildman–Crippen LogP) is 0.746. The second kappa shape index (κ2) is 8.91. The Morgan fingerprint density at radius 2 is 1.81 bits per heavy atom. The monoisotopic (exact) mass is 465 g/mol. The maximum absolute atomic E-state index is 12.5. The molecule has 0 bridgehead atoms. The number of hydrogen-bond acceptors (Lipinski definition) is 8. The number of hydrogen-bond donors (Lipinski definition) is 3. The van der Waals surface area contributed by atoms with Crippen molar-refractivity contribution in [1.82, 2.24) is 20.3 Å². The highest BCUT2D eigenvalue weighted by atomic mass is 32.2. The molecule has 0 aliphatic rings. The van der Waals surface area contributed by atoms with E-state index >= 15 is 0 Å². The third-order valence-corrected chi connectivity index (χ3v) is 5.96. The van der Waals surface area contributed by atoms with E-state index in [1.54, 1.807) is 30.5 Å². The van der Waals surface area contributed by atoms with Crippen molar-refractivity contribution in [2.45, 2.75) is 6.92 Å². The Labute approximate surface area is 178 Å². The standard InChI is InChI=1S/C18H19N5O6S2/c1-12-4-2-6-20-16(12)14-10-13-5-3-7-21-17(13)18(22-14)23-30(25,26)11-15(24)19-8-9-31(27,28)29/h2-7,10H,8-9,11H2,1H3,(H,19,24)(H,22,23)(H,27,28,29). The molecule has 0 aliphatic carbocycles. The molecule has 0 spiro atoms.